The summed E-state index contributed by atoms with van der Waals surface area (Å²) in [5.41, 5.74) is 0.376. The molecule has 2 N–H and O–H groups in total. The predicted molar refractivity (Wildman–Crippen MR) is 82.6 cm³/mol. The molecule has 0 fully saturated rings. The van der Waals surface area contributed by atoms with Gasteiger partial charge in [0.05, 0.1) is 16.3 Å². The van der Waals surface area contributed by atoms with E-state index in [1.165, 1.54) is 11.3 Å². The lowest BCUT2D eigenvalue weighted by Crippen LogP contribution is -2.08. The predicted octanol–water partition coefficient (Wildman–Crippen LogP) is 2.91. The van der Waals surface area contributed by atoms with Gasteiger partial charge in [0.15, 0.2) is 5.82 Å². The summed E-state index contributed by atoms with van der Waals surface area (Å²) < 4.78 is 0. The molecule has 0 unspecified atom stereocenters. The number of hydrogen-bond donors (Lipinski definition) is 2. The maximum Gasteiger partial charge on any atom is 0.259 e. The Morgan fingerprint density at radius 3 is 2.76 bits per heavy atom. The molecule has 0 aliphatic rings. The molecule has 102 valence electrons. The van der Waals surface area contributed by atoms with Gasteiger partial charge in [-0.05, 0) is 24.3 Å². The SMILES string of the molecule is O=c1[nH]c(-c2sc3ncccc3c2O)nc2ccccc12. The van der Waals surface area contributed by atoms with E-state index in [1.807, 2.05) is 6.07 Å². The molecule has 3 heterocycles. The number of aromatic amines is 1. The summed E-state index contributed by atoms with van der Waals surface area (Å²) in [4.78, 5) is 24.7. The van der Waals surface area contributed by atoms with E-state index < -0.39 is 0 Å². The molecular formula is C15H9N3O2S. The molecule has 0 saturated heterocycles. The van der Waals surface area contributed by atoms with Gasteiger partial charge in [0.2, 0.25) is 0 Å². The summed E-state index contributed by atoms with van der Waals surface area (Å²) >= 11 is 1.30. The summed E-state index contributed by atoms with van der Waals surface area (Å²) in [5, 5.41) is 11.5. The fourth-order valence-electron chi connectivity index (χ4n) is 2.27. The third kappa shape index (κ3) is 1.80. The Labute approximate surface area is 122 Å². The minimum Gasteiger partial charge on any atom is -0.506 e. The van der Waals surface area contributed by atoms with Crippen LogP contribution in [0.1, 0.15) is 0 Å². The third-order valence-corrected chi connectivity index (χ3v) is 4.38. The van der Waals surface area contributed by atoms with Crippen LogP contribution >= 0.6 is 11.3 Å². The van der Waals surface area contributed by atoms with E-state index in [-0.39, 0.29) is 11.3 Å². The Morgan fingerprint density at radius 1 is 1.10 bits per heavy atom. The van der Waals surface area contributed by atoms with E-state index in [4.69, 9.17) is 0 Å². The first-order valence-corrected chi connectivity index (χ1v) is 7.11. The lowest BCUT2D eigenvalue weighted by atomic mass is 10.2. The quantitative estimate of drug-likeness (QED) is 0.566. The van der Waals surface area contributed by atoms with Crippen molar-refractivity contribution in [3.63, 3.8) is 0 Å². The van der Waals surface area contributed by atoms with E-state index in [9.17, 15) is 9.90 Å². The monoisotopic (exact) mass is 295 g/mol. The highest BCUT2D eigenvalue weighted by Crippen LogP contribution is 2.40. The number of rotatable bonds is 1. The van der Waals surface area contributed by atoms with Crippen molar-refractivity contribution in [1.29, 1.82) is 0 Å². The molecule has 0 bridgehead atoms. The van der Waals surface area contributed by atoms with Crippen molar-refractivity contribution in [1.82, 2.24) is 15.0 Å². The Bertz CT molecular complexity index is 1040. The van der Waals surface area contributed by atoms with Crippen LogP contribution in [0.2, 0.25) is 0 Å². The van der Waals surface area contributed by atoms with Gasteiger partial charge in [-0.3, -0.25) is 4.79 Å². The zero-order valence-electron chi connectivity index (χ0n) is 10.7. The first-order chi connectivity index (χ1) is 10.2. The number of para-hydroxylation sites is 1. The van der Waals surface area contributed by atoms with Gasteiger partial charge in [-0.15, -0.1) is 11.3 Å². The summed E-state index contributed by atoms with van der Waals surface area (Å²) in [6, 6.07) is 10.7. The molecule has 0 aliphatic carbocycles. The number of aromatic nitrogens is 3. The van der Waals surface area contributed by atoms with Crippen molar-refractivity contribution in [2.45, 2.75) is 0 Å². The normalized spacial score (nSPS) is 11.2. The Hall–Kier alpha value is -2.73. The van der Waals surface area contributed by atoms with Crippen LogP contribution in [0.3, 0.4) is 0 Å². The molecule has 5 nitrogen and oxygen atoms in total. The summed E-state index contributed by atoms with van der Waals surface area (Å²) in [7, 11) is 0. The zero-order chi connectivity index (χ0) is 14.4. The average molecular weight is 295 g/mol. The minimum atomic E-state index is -0.222. The summed E-state index contributed by atoms with van der Waals surface area (Å²) in [6.07, 6.45) is 1.67. The Kier molecular flexibility index (Phi) is 2.52. The summed E-state index contributed by atoms with van der Waals surface area (Å²) in [5.74, 6) is 0.459. The largest absolute Gasteiger partial charge is 0.506 e. The molecule has 0 aliphatic heterocycles. The van der Waals surface area contributed by atoms with Crippen LogP contribution < -0.4 is 5.56 Å². The second kappa shape index (κ2) is 4.39. The standard InChI is InChI=1S/C15H9N3O2S/c19-11-9-5-3-7-16-15(9)21-12(11)13-17-10-6-2-1-4-8(10)14(20)18-13/h1-7,19H,(H,17,18,20). The molecule has 21 heavy (non-hydrogen) atoms. The van der Waals surface area contributed by atoms with Crippen LogP contribution in [0.15, 0.2) is 47.4 Å². The van der Waals surface area contributed by atoms with Gasteiger partial charge >= 0.3 is 0 Å². The van der Waals surface area contributed by atoms with E-state index >= 15 is 0 Å². The maximum atomic E-state index is 12.1. The van der Waals surface area contributed by atoms with Crippen LogP contribution in [0.4, 0.5) is 0 Å². The molecule has 4 rings (SSSR count). The first-order valence-electron chi connectivity index (χ1n) is 6.30. The van der Waals surface area contributed by atoms with Crippen LogP contribution in [-0.4, -0.2) is 20.1 Å². The topological polar surface area (TPSA) is 78.9 Å². The van der Waals surface area contributed by atoms with Gasteiger partial charge in [0, 0.05) is 6.20 Å². The van der Waals surface area contributed by atoms with Crippen molar-refractivity contribution in [2.24, 2.45) is 0 Å². The molecule has 0 amide bonds. The van der Waals surface area contributed by atoms with Gasteiger partial charge in [-0.1, -0.05) is 12.1 Å². The van der Waals surface area contributed by atoms with E-state index in [2.05, 4.69) is 15.0 Å². The number of benzene rings is 1. The molecule has 0 saturated carbocycles. The fraction of sp³-hybridized carbons (Fsp3) is 0. The number of nitrogens with zero attached hydrogens (tertiary/aromatic N) is 2. The van der Waals surface area contributed by atoms with Crippen LogP contribution in [0.5, 0.6) is 5.75 Å². The first kappa shape index (κ1) is 12.0. The highest BCUT2D eigenvalue weighted by Gasteiger charge is 2.16. The lowest BCUT2D eigenvalue weighted by Gasteiger charge is -2.01. The maximum absolute atomic E-state index is 12.1. The highest BCUT2D eigenvalue weighted by atomic mass is 32.1. The lowest BCUT2D eigenvalue weighted by molar-refractivity contribution is 0.485. The van der Waals surface area contributed by atoms with Gasteiger partial charge < -0.3 is 10.1 Å². The van der Waals surface area contributed by atoms with E-state index in [0.717, 1.165) is 0 Å². The molecular weight excluding hydrogens is 286 g/mol. The number of thiophene rings is 1. The molecule has 0 radical (unpaired) electrons. The van der Waals surface area contributed by atoms with Crippen molar-refractivity contribution < 1.29 is 5.11 Å². The summed E-state index contributed by atoms with van der Waals surface area (Å²) in [6.45, 7) is 0. The third-order valence-electron chi connectivity index (χ3n) is 3.27. The van der Waals surface area contributed by atoms with Crippen molar-refractivity contribution in [3.05, 3.63) is 52.9 Å². The molecule has 4 aromatic rings. The number of H-pyrrole nitrogens is 1. The van der Waals surface area contributed by atoms with Gasteiger partial charge in [0.25, 0.3) is 5.56 Å². The van der Waals surface area contributed by atoms with Crippen molar-refractivity contribution in [2.75, 3.05) is 0 Å². The molecule has 3 aromatic heterocycles. The highest BCUT2D eigenvalue weighted by molar-refractivity contribution is 7.22. The zero-order valence-corrected chi connectivity index (χ0v) is 11.5. The van der Waals surface area contributed by atoms with Crippen LogP contribution in [0.25, 0.3) is 31.8 Å². The smallest absolute Gasteiger partial charge is 0.259 e. The van der Waals surface area contributed by atoms with Gasteiger partial charge in [-0.25, -0.2) is 9.97 Å². The van der Waals surface area contributed by atoms with Gasteiger partial charge in [-0.2, -0.15) is 0 Å². The average Bonchev–Trinajstić information content (AvgIpc) is 2.85. The van der Waals surface area contributed by atoms with Gasteiger partial charge in [0.1, 0.15) is 15.5 Å². The van der Waals surface area contributed by atoms with E-state index in [1.54, 1.807) is 36.5 Å². The van der Waals surface area contributed by atoms with Crippen LogP contribution in [0, 0.1) is 0 Å². The number of aromatic hydroxyl groups is 1. The second-order valence-corrected chi connectivity index (χ2v) is 5.57. The Morgan fingerprint density at radius 2 is 1.90 bits per heavy atom. The molecule has 1 aromatic carbocycles. The fourth-order valence-corrected chi connectivity index (χ4v) is 3.26. The molecule has 6 heteroatoms. The number of fused-ring (bicyclic) bond motifs is 2. The molecule has 0 spiro atoms. The minimum absolute atomic E-state index is 0.0986. The van der Waals surface area contributed by atoms with Crippen molar-refractivity contribution >= 4 is 32.5 Å². The molecule has 0 atom stereocenters. The second-order valence-electron chi connectivity index (χ2n) is 4.57. The number of hydrogen-bond acceptors (Lipinski definition) is 5. The number of nitrogens with one attached hydrogen (secondary N) is 1. The Balaban J connectivity index is 2.04. The van der Waals surface area contributed by atoms with Crippen molar-refractivity contribution in [3.8, 4) is 16.5 Å². The van der Waals surface area contributed by atoms with E-state index in [0.29, 0.717) is 31.8 Å². The number of pyridine rings is 1. The van der Waals surface area contributed by atoms with Crippen LogP contribution in [-0.2, 0) is 0 Å².